The summed E-state index contributed by atoms with van der Waals surface area (Å²) in [5.41, 5.74) is 1.18. The van der Waals surface area contributed by atoms with E-state index in [1.54, 1.807) is 6.92 Å². The molecule has 0 unspecified atom stereocenters. The molecule has 4 heteroatoms. The molecule has 0 spiro atoms. The monoisotopic (exact) mass is 231 g/mol. The van der Waals surface area contributed by atoms with Gasteiger partial charge in [-0.1, -0.05) is 30.3 Å². The van der Waals surface area contributed by atoms with Gasteiger partial charge in [-0.15, -0.1) is 0 Å². The summed E-state index contributed by atoms with van der Waals surface area (Å²) in [5, 5.41) is 0. The van der Waals surface area contributed by atoms with Crippen molar-refractivity contribution >= 4 is 13.8 Å². The molecule has 3 nitrogen and oxygen atoms in total. The van der Waals surface area contributed by atoms with Gasteiger partial charge in [0.25, 0.3) is 0 Å². The molecule has 0 N–H and O–H groups in total. The Kier molecular flexibility index (Phi) is 3.97. The fourth-order valence-electron chi connectivity index (χ4n) is 2.34. The van der Waals surface area contributed by atoms with Gasteiger partial charge < -0.3 is 9.55 Å². The van der Waals surface area contributed by atoms with E-state index in [0.29, 0.717) is 6.61 Å². The molecule has 1 heterocycles. The third kappa shape index (κ3) is 3.17. The first-order chi connectivity index (χ1) is 8.16. The van der Waals surface area contributed by atoms with Crippen LogP contribution in [0.4, 0.5) is 0 Å². The number of ketones is 1. The van der Waals surface area contributed by atoms with Gasteiger partial charge in [-0.2, -0.15) is 0 Å². The first-order valence-corrected chi connectivity index (χ1v) is 6.03. The number of carbonyl (C=O) groups excluding carboxylic acids is 1. The van der Waals surface area contributed by atoms with E-state index in [1.807, 2.05) is 26.2 Å². The lowest BCUT2D eigenvalue weighted by molar-refractivity contribution is -0.120. The summed E-state index contributed by atoms with van der Waals surface area (Å²) < 4.78 is 5.85. The molecule has 0 amide bonds. The first kappa shape index (κ1) is 12.3. The number of hydrogen-bond donors (Lipinski definition) is 0. The summed E-state index contributed by atoms with van der Waals surface area (Å²) >= 11 is 0. The van der Waals surface area contributed by atoms with E-state index >= 15 is 0 Å². The molecule has 1 aliphatic heterocycles. The van der Waals surface area contributed by atoms with Crippen molar-refractivity contribution in [1.82, 2.24) is 4.81 Å². The lowest BCUT2D eigenvalue weighted by atomic mass is 10.1. The summed E-state index contributed by atoms with van der Waals surface area (Å²) in [4.78, 5) is 13.5. The first-order valence-electron chi connectivity index (χ1n) is 6.03. The van der Waals surface area contributed by atoms with Crippen molar-refractivity contribution in [2.24, 2.45) is 0 Å². The summed E-state index contributed by atoms with van der Waals surface area (Å²) in [6, 6.07) is 10.2. The SMILES string of the molecule is BN1C[C@H](OCc2ccccc2)C[C@H]1C(C)=O. The van der Waals surface area contributed by atoms with Crippen molar-refractivity contribution in [3.63, 3.8) is 0 Å². The van der Waals surface area contributed by atoms with E-state index < -0.39 is 0 Å². The van der Waals surface area contributed by atoms with Crippen molar-refractivity contribution in [2.75, 3.05) is 6.54 Å². The van der Waals surface area contributed by atoms with Gasteiger partial charge in [0.15, 0.2) is 7.98 Å². The maximum atomic E-state index is 11.4. The van der Waals surface area contributed by atoms with Crippen LogP contribution in [0.5, 0.6) is 0 Å². The van der Waals surface area contributed by atoms with Crippen LogP contribution in [0.15, 0.2) is 30.3 Å². The normalized spacial score (nSPS) is 25.0. The van der Waals surface area contributed by atoms with E-state index in [-0.39, 0.29) is 17.9 Å². The summed E-state index contributed by atoms with van der Waals surface area (Å²) in [6.45, 7) is 3.13. The molecular formula is C13H18BNO2. The van der Waals surface area contributed by atoms with Crippen LogP contribution >= 0.6 is 0 Å². The molecule has 0 saturated carbocycles. The minimum Gasteiger partial charge on any atom is -0.372 e. The van der Waals surface area contributed by atoms with Crippen LogP contribution in [-0.4, -0.2) is 37.3 Å². The third-order valence-corrected chi connectivity index (χ3v) is 3.31. The highest BCUT2D eigenvalue weighted by molar-refractivity contribution is 6.07. The molecule has 17 heavy (non-hydrogen) atoms. The highest BCUT2D eigenvalue weighted by Crippen LogP contribution is 2.19. The second kappa shape index (κ2) is 5.47. The largest absolute Gasteiger partial charge is 0.372 e. The topological polar surface area (TPSA) is 29.5 Å². The number of Topliss-reactive ketones (excluding diaryl/α,β-unsaturated/α-hetero) is 1. The Labute approximate surface area is 103 Å². The highest BCUT2D eigenvalue weighted by atomic mass is 16.5. The molecule has 1 fully saturated rings. The fourth-order valence-corrected chi connectivity index (χ4v) is 2.34. The van der Waals surface area contributed by atoms with Crippen molar-refractivity contribution in [2.45, 2.75) is 32.1 Å². The number of nitrogens with zero attached hydrogens (tertiary/aromatic N) is 1. The van der Waals surface area contributed by atoms with E-state index in [4.69, 9.17) is 4.74 Å². The highest BCUT2D eigenvalue weighted by Gasteiger charge is 2.32. The van der Waals surface area contributed by atoms with Crippen LogP contribution in [0.25, 0.3) is 0 Å². The predicted octanol–water partition coefficient (Wildman–Crippen LogP) is 0.783. The number of ether oxygens (including phenoxy) is 1. The molecule has 1 aromatic rings. The lowest BCUT2D eigenvalue weighted by Crippen LogP contribution is -2.32. The van der Waals surface area contributed by atoms with E-state index in [0.717, 1.165) is 13.0 Å². The molecule has 0 bridgehead atoms. The van der Waals surface area contributed by atoms with Crippen LogP contribution in [0.2, 0.25) is 0 Å². The smallest absolute Gasteiger partial charge is 0.186 e. The van der Waals surface area contributed by atoms with Crippen molar-refractivity contribution < 1.29 is 9.53 Å². The van der Waals surface area contributed by atoms with Crippen LogP contribution < -0.4 is 0 Å². The average Bonchev–Trinajstić information content (AvgIpc) is 2.69. The van der Waals surface area contributed by atoms with Gasteiger partial charge in [-0.3, -0.25) is 4.79 Å². The molecule has 0 radical (unpaired) electrons. The van der Waals surface area contributed by atoms with Crippen molar-refractivity contribution in [3.8, 4) is 0 Å². The molecule has 2 atom stereocenters. The molecule has 1 saturated heterocycles. The Morgan fingerprint density at radius 1 is 1.47 bits per heavy atom. The second-order valence-corrected chi connectivity index (χ2v) is 4.72. The Balaban J connectivity index is 1.84. The average molecular weight is 231 g/mol. The fraction of sp³-hybridized carbons (Fsp3) is 0.462. The van der Waals surface area contributed by atoms with Gasteiger partial charge in [0, 0.05) is 6.54 Å². The predicted molar refractivity (Wildman–Crippen MR) is 69.4 cm³/mol. The van der Waals surface area contributed by atoms with Gasteiger partial charge >= 0.3 is 0 Å². The summed E-state index contributed by atoms with van der Waals surface area (Å²) in [7, 11) is 1.98. The van der Waals surface area contributed by atoms with Gasteiger partial charge in [-0.05, 0) is 18.9 Å². The van der Waals surface area contributed by atoms with Crippen LogP contribution in [0, 0.1) is 0 Å². The lowest BCUT2D eigenvalue weighted by Gasteiger charge is -2.15. The van der Waals surface area contributed by atoms with Crippen molar-refractivity contribution in [1.29, 1.82) is 0 Å². The Bertz CT molecular complexity index is 382. The summed E-state index contributed by atoms with van der Waals surface area (Å²) in [5.74, 6) is 0.235. The molecule has 0 aliphatic carbocycles. The van der Waals surface area contributed by atoms with Gasteiger partial charge in [0.05, 0.1) is 18.8 Å². The standard InChI is InChI=1S/C13H18BNO2/c1-10(16)13-7-12(8-15(13)14)17-9-11-5-3-2-4-6-11/h2-6,12-13H,7-9,14H2,1H3/t12-,13+/m1/s1. The Morgan fingerprint density at radius 3 is 2.76 bits per heavy atom. The number of carbonyl (C=O) groups is 1. The third-order valence-electron chi connectivity index (χ3n) is 3.31. The zero-order chi connectivity index (χ0) is 12.3. The van der Waals surface area contributed by atoms with Crippen LogP contribution in [-0.2, 0) is 16.1 Å². The van der Waals surface area contributed by atoms with Crippen LogP contribution in [0.1, 0.15) is 18.9 Å². The van der Waals surface area contributed by atoms with Gasteiger partial charge in [0.1, 0.15) is 5.78 Å². The number of rotatable bonds is 4. The Morgan fingerprint density at radius 2 is 2.18 bits per heavy atom. The zero-order valence-corrected chi connectivity index (χ0v) is 10.4. The van der Waals surface area contributed by atoms with Crippen LogP contribution in [0.3, 0.4) is 0 Å². The summed E-state index contributed by atoms with van der Waals surface area (Å²) in [6.07, 6.45) is 0.993. The molecule has 90 valence electrons. The molecule has 1 aromatic carbocycles. The second-order valence-electron chi connectivity index (χ2n) is 4.72. The minimum absolute atomic E-state index is 0.0378. The molecule has 2 rings (SSSR count). The molecule has 0 aromatic heterocycles. The van der Waals surface area contributed by atoms with E-state index in [2.05, 4.69) is 16.9 Å². The van der Waals surface area contributed by atoms with E-state index in [1.165, 1.54) is 5.56 Å². The maximum absolute atomic E-state index is 11.4. The van der Waals surface area contributed by atoms with Crippen molar-refractivity contribution in [3.05, 3.63) is 35.9 Å². The number of benzene rings is 1. The van der Waals surface area contributed by atoms with E-state index in [9.17, 15) is 4.79 Å². The number of hydrogen-bond acceptors (Lipinski definition) is 3. The van der Waals surface area contributed by atoms with Gasteiger partial charge in [0.2, 0.25) is 0 Å². The Hall–Kier alpha value is -1.13. The maximum Gasteiger partial charge on any atom is 0.186 e. The molecule has 1 aliphatic rings. The van der Waals surface area contributed by atoms with Gasteiger partial charge in [-0.25, -0.2) is 0 Å². The zero-order valence-electron chi connectivity index (χ0n) is 10.4. The minimum atomic E-state index is 0.0378. The molecular weight excluding hydrogens is 213 g/mol. The quantitative estimate of drug-likeness (QED) is 0.717.